The van der Waals surface area contributed by atoms with Gasteiger partial charge < -0.3 is 30.1 Å². The van der Waals surface area contributed by atoms with Crippen molar-refractivity contribution in [3.05, 3.63) is 76.2 Å². The van der Waals surface area contributed by atoms with Crippen LogP contribution in [0.2, 0.25) is 0 Å². The minimum Gasteiger partial charge on any atom is -0.508 e. The summed E-state index contributed by atoms with van der Waals surface area (Å²) in [5.41, 5.74) is 1.60. The van der Waals surface area contributed by atoms with Crippen LogP contribution in [0.3, 0.4) is 0 Å². The molecular weight excluding hydrogens is 655 g/mol. The van der Waals surface area contributed by atoms with Crippen LogP contribution in [-0.4, -0.2) is 101 Å². The molecule has 3 N–H and O–H groups in total. The van der Waals surface area contributed by atoms with E-state index in [1.165, 1.54) is 39.9 Å². The maximum atomic E-state index is 14.1. The van der Waals surface area contributed by atoms with Crippen LogP contribution in [0.15, 0.2) is 64.9 Å². The Morgan fingerprint density at radius 2 is 1.75 bits per heavy atom. The Hall–Kier alpha value is -3.56. The summed E-state index contributed by atoms with van der Waals surface area (Å²) >= 11 is 1.47. The molecule has 4 rings (SSSR count). The minimum absolute atomic E-state index is 0.0126. The third-order valence-electron chi connectivity index (χ3n) is 8.11. The van der Waals surface area contributed by atoms with Crippen LogP contribution in [0.4, 0.5) is 4.79 Å². The second-order valence-corrected chi connectivity index (χ2v) is 15.7. The lowest BCUT2D eigenvalue weighted by Gasteiger charge is -2.34. The number of rotatable bonds is 17. The van der Waals surface area contributed by atoms with Gasteiger partial charge in [-0.25, -0.2) is 18.2 Å². The summed E-state index contributed by atoms with van der Waals surface area (Å²) in [5, 5.41) is 27.1. The first-order valence-corrected chi connectivity index (χ1v) is 18.4. The van der Waals surface area contributed by atoms with Crippen molar-refractivity contribution >= 4 is 33.3 Å². The molecule has 0 aliphatic carbocycles. The van der Waals surface area contributed by atoms with Crippen molar-refractivity contribution in [1.29, 1.82) is 0 Å². The molecule has 1 aromatic heterocycles. The molecule has 2 heterocycles. The summed E-state index contributed by atoms with van der Waals surface area (Å²) in [7, 11) is -2.45. The molecule has 3 atom stereocenters. The van der Waals surface area contributed by atoms with Crippen LogP contribution in [0.1, 0.15) is 44.0 Å². The molecule has 0 spiro atoms. The molecule has 0 bridgehead atoms. The topological polar surface area (TPSA) is 153 Å². The van der Waals surface area contributed by atoms with Crippen LogP contribution < -0.4 is 5.32 Å². The number of amides is 3. The molecule has 1 aliphatic rings. The number of urea groups is 1. The zero-order valence-electron chi connectivity index (χ0n) is 28.2. The van der Waals surface area contributed by atoms with Crippen molar-refractivity contribution in [2.75, 3.05) is 33.3 Å². The predicted molar refractivity (Wildman–Crippen MR) is 184 cm³/mol. The maximum Gasteiger partial charge on any atom is 0.321 e. The Morgan fingerprint density at radius 3 is 2.38 bits per heavy atom. The van der Waals surface area contributed by atoms with Gasteiger partial charge in [0.05, 0.1) is 35.9 Å². The number of benzene rings is 2. The number of aliphatic hydroxyl groups is 1. The minimum atomic E-state index is -4.05. The van der Waals surface area contributed by atoms with Crippen LogP contribution in [0.25, 0.3) is 0 Å². The lowest BCUT2D eigenvalue weighted by molar-refractivity contribution is -0.128. The van der Waals surface area contributed by atoms with Crippen molar-refractivity contribution in [2.45, 2.75) is 70.4 Å². The fourth-order valence-corrected chi connectivity index (χ4v) is 8.19. The van der Waals surface area contributed by atoms with E-state index < -0.39 is 34.1 Å². The van der Waals surface area contributed by atoms with Crippen molar-refractivity contribution in [1.82, 2.24) is 24.4 Å². The second kappa shape index (κ2) is 16.7. The van der Waals surface area contributed by atoms with E-state index in [0.29, 0.717) is 26.2 Å². The van der Waals surface area contributed by atoms with Crippen molar-refractivity contribution in [3.8, 4) is 5.75 Å². The van der Waals surface area contributed by atoms with Crippen LogP contribution in [0, 0.1) is 11.8 Å². The van der Waals surface area contributed by atoms with E-state index in [2.05, 4.69) is 10.3 Å². The van der Waals surface area contributed by atoms with Gasteiger partial charge in [0.15, 0.2) is 0 Å². The van der Waals surface area contributed by atoms with Gasteiger partial charge in [-0.05, 0) is 48.1 Å². The highest BCUT2D eigenvalue weighted by Crippen LogP contribution is 2.24. The van der Waals surface area contributed by atoms with E-state index in [-0.39, 0.29) is 48.0 Å². The average Bonchev–Trinajstić information content (AvgIpc) is 3.63. The van der Waals surface area contributed by atoms with Gasteiger partial charge in [-0.1, -0.05) is 58.0 Å². The maximum absolute atomic E-state index is 14.1. The lowest BCUT2D eigenvalue weighted by atomic mass is 9.97. The summed E-state index contributed by atoms with van der Waals surface area (Å²) in [5.74, 6) is -0.790. The summed E-state index contributed by atoms with van der Waals surface area (Å²) in [6, 6.07) is 12.6. The van der Waals surface area contributed by atoms with Gasteiger partial charge in [0.25, 0.3) is 0 Å². The molecular formula is C34H47N5O7S2. The average molecular weight is 702 g/mol. The van der Waals surface area contributed by atoms with Crippen LogP contribution >= 0.6 is 11.3 Å². The second-order valence-electron chi connectivity index (χ2n) is 12.8. The zero-order chi connectivity index (χ0) is 35.0. The smallest absolute Gasteiger partial charge is 0.321 e. The molecule has 12 nitrogen and oxygen atoms in total. The molecule has 1 aliphatic heterocycles. The van der Waals surface area contributed by atoms with Crippen LogP contribution in [0.5, 0.6) is 5.75 Å². The number of sulfonamides is 1. The number of phenols is 1. The molecule has 48 heavy (non-hydrogen) atoms. The lowest BCUT2D eigenvalue weighted by Crippen LogP contribution is -2.57. The number of aliphatic hydroxyl groups excluding tert-OH is 1. The number of phenolic OH excluding ortho intramolecular Hbond substituents is 1. The van der Waals surface area contributed by atoms with Gasteiger partial charge in [-0.2, -0.15) is 4.31 Å². The van der Waals surface area contributed by atoms with Crippen molar-refractivity contribution in [3.63, 3.8) is 0 Å². The molecule has 3 amide bonds. The van der Waals surface area contributed by atoms with Gasteiger partial charge in [0.1, 0.15) is 16.8 Å². The number of hydrogen-bond donors (Lipinski definition) is 3. The number of methoxy groups -OCH3 is 1. The largest absolute Gasteiger partial charge is 0.508 e. The van der Waals surface area contributed by atoms with E-state index in [9.17, 15) is 28.2 Å². The summed E-state index contributed by atoms with van der Waals surface area (Å²) < 4.78 is 33.8. The van der Waals surface area contributed by atoms with Gasteiger partial charge in [-0.15, -0.1) is 11.3 Å². The Kier molecular flexibility index (Phi) is 13.0. The van der Waals surface area contributed by atoms with Gasteiger partial charge >= 0.3 is 6.03 Å². The monoisotopic (exact) mass is 701 g/mol. The van der Waals surface area contributed by atoms with Gasteiger partial charge in [0, 0.05) is 38.7 Å². The molecule has 3 aromatic rings. The number of carbonyl (C=O) groups is 2. The Labute approximate surface area is 287 Å². The number of thiazole rings is 1. The highest BCUT2D eigenvalue weighted by Gasteiger charge is 2.40. The third kappa shape index (κ3) is 9.53. The molecule has 0 saturated carbocycles. The molecule has 14 heteroatoms. The fourth-order valence-electron chi connectivity index (χ4n) is 5.82. The standard InChI is InChI=1S/C34H47N5O7S2/c1-23(2)18-38(48(44,45)28-13-11-27(40)12-14-28)20-30(41)29(17-25-9-7-6-8-10-25)36-33(42)32(24(3)4)39-16-15-37(34(39)43)19-26-22-47-31(35-26)21-46-5/h6-14,22-24,29-30,32,40-41H,15-21H2,1-5H3,(H,36,42)/t29-,30+,32-/m0/s1. The summed E-state index contributed by atoms with van der Waals surface area (Å²) in [6.45, 7) is 8.85. The number of ether oxygens (including phenoxy) is 1. The number of carbonyl (C=O) groups excluding carboxylic acids is 2. The van der Waals surface area contributed by atoms with Crippen molar-refractivity contribution < 1.29 is 33.0 Å². The normalized spacial score (nSPS) is 15.8. The number of hydrogen-bond acceptors (Lipinski definition) is 9. The molecule has 262 valence electrons. The molecule has 0 unspecified atom stereocenters. The number of aromatic hydroxyl groups is 1. The SMILES string of the molecule is COCc1nc(CN2CCN([C@H](C(=O)N[C@@H](Cc3ccccc3)[C@H](O)CN(CC(C)C)S(=O)(=O)c3ccc(O)cc3)C(C)C)C2=O)cs1. The zero-order valence-corrected chi connectivity index (χ0v) is 29.8. The summed E-state index contributed by atoms with van der Waals surface area (Å²) in [4.78, 5) is 35.4. The number of aromatic nitrogens is 1. The van der Waals surface area contributed by atoms with Crippen molar-refractivity contribution in [2.24, 2.45) is 11.8 Å². The highest BCUT2D eigenvalue weighted by atomic mass is 32.2. The van der Waals surface area contributed by atoms with Gasteiger partial charge in [-0.3, -0.25) is 4.79 Å². The van der Waals surface area contributed by atoms with Crippen LogP contribution in [-0.2, 0) is 39.1 Å². The predicted octanol–water partition coefficient (Wildman–Crippen LogP) is 3.69. The molecule has 1 fully saturated rings. The Bertz CT molecular complexity index is 1600. The molecule has 1 saturated heterocycles. The summed E-state index contributed by atoms with van der Waals surface area (Å²) in [6.07, 6.45) is -1.05. The first-order valence-electron chi connectivity index (χ1n) is 16.1. The van der Waals surface area contributed by atoms with E-state index in [4.69, 9.17) is 4.74 Å². The fraction of sp³-hybridized carbons (Fsp3) is 0.500. The number of nitrogens with one attached hydrogen (secondary N) is 1. The van der Waals surface area contributed by atoms with E-state index >= 15 is 0 Å². The molecule has 0 radical (unpaired) electrons. The van der Waals surface area contributed by atoms with E-state index in [1.807, 2.05) is 63.4 Å². The first-order chi connectivity index (χ1) is 22.8. The van der Waals surface area contributed by atoms with Gasteiger partial charge in [0.2, 0.25) is 15.9 Å². The third-order valence-corrected chi connectivity index (χ3v) is 10.8. The highest BCUT2D eigenvalue weighted by molar-refractivity contribution is 7.89. The Morgan fingerprint density at radius 1 is 1.06 bits per heavy atom. The van der Waals surface area contributed by atoms with E-state index in [0.717, 1.165) is 16.3 Å². The quantitative estimate of drug-likeness (QED) is 0.193. The molecule has 2 aromatic carbocycles. The number of nitrogens with zero attached hydrogens (tertiary/aromatic N) is 4. The Balaban J connectivity index is 1.55. The van der Waals surface area contributed by atoms with E-state index in [1.54, 1.807) is 16.9 Å². The first kappa shape index (κ1) is 37.3.